The monoisotopic (exact) mass is 295 g/mol. The molecule has 0 bridgehead atoms. The normalized spacial score (nSPS) is 16.7. The van der Waals surface area contributed by atoms with Crippen LogP contribution in [-0.4, -0.2) is 13.2 Å². The van der Waals surface area contributed by atoms with E-state index < -0.39 is 6.61 Å². The maximum Gasteiger partial charge on any atom is 0.387 e. The molecule has 0 radical (unpaired) electrons. The van der Waals surface area contributed by atoms with Crippen LogP contribution in [0.25, 0.3) is 0 Å². The highest BCUT2D eigenvalue weighted by atomic mass is 19.3. The Labute approximate surface area is 125 Å². The first kappa shape index (κ1) is 16.0. The Hall–Kier alpha value is -1.42. The van der Waals surface area contributed by atoms with Crippen LogP contribution in [0.15, 0.2) is 35.9 Å². The topological polar surface area (TPSA) is 21.3 Å². The molecule has 2 rings (SSSR count). The molecule has 0 spiro atoms. The minimum atomic E-state index is -2.78. The number of nitrogens with one attached hydrogen (secondary N) is 1. The third-order valence-electron chi connectivity index (χ3n) is 3.71. The molecular formula is C17H23F2NO. The zero-order valence-electron chi connectivity index (χ0n) is 12.4. The molecule has 0 aliphatic heterocycles. The average molecular weight is 295 g/mol. The van der Waals surface area contributed by atoms with Gasteiger partial charge in [0, 0.05) is 0 Å². The lowest BCUT2D eigenvalue weighted by atomic mass is 9.89. The number of halogens is 2. The van der Waals surface area contributed by atoms with E-state index in [1.54, 1.807) is 18.2 Å². The van der Waals surface area contributed by atoms with Crippen LogP contribution in [0.3, 0.4) is 0 Å². The lowest BCUT2D eigenvalue weighted by Crippen LogP contribution is -2.24. The van der Waals surface area contributed by atoms with E-state index >= 15 is 0 Å². The van der Waals surface area contributed by atoms with Crippen molar-refractivity contribution in [2.45, 2.75) is 51.7 Å². The van der Waals surface area contributed by atoms with Gasteiger partial charge in [-0.2, -0.15) is 8.78 Å². The number of rotatable bonds is 7. The highest BCUT2D eigenvalue weighted by molar-refractivity contribution is 5.35. The number of allylic oxidation sites excluding steroid dienone is 1. The summed E-state index contributed by atoms with van der Waals surface area (Å²) in [5.74, 6) is 0.224. The van der Waals surface area contributed by atoms with Crippen LogP contribution in [0, 0.1) is 0 Å². The van der Waals surface area contributed by atoms with Gasteiger partial charge in [-0.3, -0.25) is 0 Å². The molecule has 0 amide bonds. The average Bonchev–Trinajstić information content (AvgIpc) is 2.48. The summed E-state index contributed by atoms with van der Waals surface area (Å²) in [6, 6.07) is 7.14. The standard InChI is InChI=1S/C17H23F2NO/c1-2-11-20-16(13-7-4-3-5-8-13)14-9-6-10-15(12-14)21-17(18)19/h6-7,9-10,12,16-17,20H,2-5,8,11H2,1H3. The predicted molar refractivity (Wildman–Crippen MR) is 80.7 cm³/mol. The second-order valence-corrected chi connectivity index (χ2v) is 5.36. The van der Waals surface area contributed by atoms with Crippen LogP contribution < -0.4 is 10.1 Å². The first-order valence-electron chi connectivity index (χ1n) is 7.67. The van der Waals surface area contributed by atoms with E-state index in [4.69, 9.17) is 0 Å². The zero-order valence-corrected chi connectivity index (χ0v) is 12.4. The zero-order chi connectivity index (χ0) is 15.1. The quantitative estimate of drug-likeness (QED) is 0.727. The Morgan fingerprint density at radius 2 is 2.14 bits per heavy atom. The predicted octanol–water partition coefficient (Wildman–Crippen LogP) is 4.83. The Bertz CT molecular complexity index is 474. The van der Waals surface area contributed by atoms with Gasteiger partial charge in [0.15, 0.2) is 0 Å². The number of alkyl halides is 2. The van der Waals surface area contributed by atoms with Crippen molar-refractivity contribution in [1.29, 1.82) is 0 Å². The Morgan fingerprint density at radius 1 is 1.29 bits per heavy atom. The fraction of sp³-hybridized carbons (Fsp3) is 0.529. The van der Waals surface area contributed by atoms with E-state index in [1.165, 1.54) is 18.4 Å². The van der Waals surface area contributed by atoms with Gasteiger partial charge in [0.2, 0.25) is 0 Å². The summed E-state index contributed by atoms with van der Waals surface area (Å²) >= 11 is 0. The lowest BCUT2D eigenvalue weighted by Gasteiger charge is -2.25. The Balaban J connectivity index is 2.20. The molecule has 21 heavy (non-hydrogen) atoms. The molecule has 0 saturated heterocycles. The largest absolute Gasteiger partial charge is 0.435 e. The molecule has 1 aromatic carbocycles. The van der Waals surface area contributed by atoms with Gasteiger partial charge in [0.05, 0.1) is 6.04 Å². The van der Waals surface area contributed by atoms with Crippen LogP contribution in [0.1, 0.15) is 50.6 Å². The molecule has 1 atom stereocenters. The van der Waals surface area contributed by atoms with Gasteiger partial charge in [-0.05, 0) is 56.3 Å². The number of ether oxygens (including phenoxy) is 1. The molecule has 4 heteroatoms. The van der Waals surface area contributed by atoms with E-state index in [0.29, 0.717) is 0 Å². The minimum absolute atomic E-state index is 0.103. The summed E-state index contributed by atoms with van der Waals surface area (Å²) in [6.45, 7) is 0.244. The molecule has 1 aliphatic rings. The molecular weight excluding hydrogens is 272 g/mol. The van der Waals surface area contributed by atoms with Crippen LogP contribution in [0.5, 0.6) is 5.75 Å². The van der Waals surface area contributed by atoms with E-state index in [0.717, 1.165) is 31.4 Å². The first-order valence-corrected chi connectivity index (χ1v) is 7.67. The van der Waals surface area contributed by atoms with Crippen molar-refractivity contribution in [1.82, 2.24) is 5.32 Å². The Kier molecular flexibility index (Phi) is 6.18. The van der Waals surface area contributed by atoms with Crippen LogP contribution >= 0.6 is 0 Å². The molecule has 0 aromatic heterocycles. The number of hydrogen-bond donors (Lipinski definition) is 1. The van der Waals surface area contributed by atoms with Crippen molar-refractivity contribution in [2.75, 3.05) is 6.54 Å². The molecule has 0 heterocycles. The molecule has 1 N–H and O–H groups in total. The first-order chi connectivity index (χ1) is 10.2. The van der Waals surface area contributed by atoms with Crippen molar-refractivity contribution < 1.29 is 13.5 Å². The van der Waals surface area contributed by atoms with Gasteiger partial charge < -0.3 is 10.1 Å². The SMILES string of the molecule is CCCNC(C1=CCCCC1)c1cccc(OC(F)F)c1. The highest BCUT2D eigenvalue weighted by Gasteiger charge is 2.18. The van der Waals surface area contributed by atoms with Gasteiger partial charge in [0.1, 0.15) is 5.75 Å². The number of benzene rings is 1. The lowest BCUT2D eigenvalue weighted by molar-refractivity contribution is -0.0498. The highest BCUT2D eigenvalue weighted by Crippen LogP contribution is 2.31. The smallest absolute Gasteiger partial charge is 0.387 e. The summed E-state index contributed by atoms with van der Waals surface area (Å²) in [5, 5.41) is 3.52. The maximum absolute atomic E-state index is 12.4. The summed E-state index contributed by atoms with van der Waals surface area (Å²) in [6.07, 6.45) is 7.94. The van der Waals surface area contributed by atoms with Crippen LogP contribution in [0.2, 0.25) is 0 Å². The molecule has 1 aliphatic carbocycles. The molecule has 116 valence electrons. The second kappa shape index (κ2) is 8.13. The van der Waals surface area contributed by atoms with E-state index in [-0.39, 0.29) is 11.8 Å². The van der Waals surface area contributed by atoms with Gasteiger partial charge in [-0.1, -0.05) is 30.7 Å². The van der Waals surface area contributed by atoms with Gasteiger partial charge in [-0.15, -0.1) is 0 Å². The third-order valence-corrected chi connectivity index (χ3v) is 3.71. The van der Waals surface area contributed by atoms with Gasteiger partial charge >= 0.3 is 6.61 Å². The van der Waals surface area contributed by atoms with E-state index in [9.17, 15) is 8.78 Å². The van der Waals surface area contributed by atoms with Gasteiger partial charge in [0.25, 0.3) is 0 Å². The van der Waals surface area contributed by atoms with Crippen LogP contribution in [-0.2, 0) is 0 Å². The summed E-state index contributed by atoms with van der Waals surface area (Å²) < 4.78 is 29.2. The molecule has 0 saturated carbocycles. The van der Waals surface area contributed by atoms with Crippen molar-refractivity contribution >= 4 is 0 Å². The minimum Gasteiger partial charge on any atom is -0.435 e. The number of hydrogen-bond acceptors (Lipinski definition) is 2. The Morgan fingerprint density at radius 3 is 2.81 bits per heavy atom. The summed E-state index contributed by atoms with van der Waals surface area (Å²) in [5.41, 5.74) is 2.36. The van der Waals surface area contributed by atoms with Crippen molar-refractivity contribution in [3.05, 3.63) is 41.5 Å². The molecule has 1 aromatic rings. The summed E-state index contributed by atoms with van der Waals surface area (Å²) in [7, 11) is 0. The summed E-state index contributed by atoms with van der Waals surface area (Å²) in [4.78, 5) is 0. The van der Waals surface area contributed by atoms with Gasteiger partial charge in [-0.25, -0.2) is 0 Å². The second-order valence-electron chi connectivity index (χ2n) is 5.36. The van der Waals surface area contributed by atoms with E-state index in [1.807, 2.05) is 6.07 Å². The van der Waals surface area contributed by atoms with Crippen molar-refractivity contribution in [3.8, 4) is 5.75 Å². The van der Waals surface area contributed by atoms with Crippen molar-refractivity contribution in [3.63, 3.8) is 0 Å². The fourth-order valence-electron chi connectivity index (χ4n) is 2.75. The molecule has 0 fully saturated rings. The third kappa shape index (κ3) is 4.81. The van der Waals surface area contributed by atoms with Crippen molar-refractivity contribution in [2.24, 2.45) is 0 Å². The van der Waals surface area contributed by atoms with Crippen LogP contribution in [0.4, 0.5) is 8.78 Å². The molecule has 1 unspecified atom stereocenters. The fourth-order valence-corrected chi connectivity index (χ4v) is 2.75. The van der Waals surface area contributed by atoms with E-state index in [2.05, 4.69) is 23.1 Å². The maximum atomic E-state index is 12.4. The molecule has 2 nitrogen and oxygen atoms in total.